The Morgan fingerprint density at radius 3 is 2.76 bits per heavy atom. The van der Waals surface area contributed by atoms with E-state index in [-0.39, 0.29) is 17.0 Å². The molecule has 5 heteroatoms. The van der Waals surface area contributed by atoms with Gasteiger partial charge in [-0.15, -0.1) is 11.6 Å². The van der Waals surface area contributed by atoms with Crippen LogP contribution in [0.3, 0.4) is 0 Å². The van der Waals surface area contributed by atoms with Crippen LogP contribution in [0.1, 0.15) is 39.7 Å². The molecule has 0 fully saturated rings. The molecule has 96 valence electrons. The van der Waals surface area contributed by atoms with E-state index in [4.69, 9.17) is 11.6 Å². The summed E-state index contributed by atoms with van der Waals surface area (Å²) in [5.74, 6) is 0.420. The number of nitrogens with one attached hydrogen (secondary N) is 1. The number of hydrogen-bond donors (Lipinski definition) is 1. The van der Waals surface area contributed by atoms with Crippen molar-refractivity contribution in [1.29, 1.82) is 0 Å². The van der Waals surface area contributed by atoms with Crippen LogP contribution in [0, 0.1) is 0 Å². The van der Waals surface area contributed by atoms with Crippen molar-refractivity contribution in [3.05, 3.63) is 22.7 Å². The highest BCUT2D eigenvalue weighted by atomic mass is 35.5. The average molecular weight is 258 g/mol. The van der Waals surface area contributed by atoms with Crippen LogP contribution in [-0.4, -0.2) is 21.5 Å². The Labute approximate surface area is 107 Å². The maximum absolute atomic E-state index is 12.0. The van der Waals surface area contributed by atoms with E-state index in [0.717, 1.165) is 19.4 Å². The van der Waals surface area contributed by atoms with E-state index in [1.807, 2.05) is 20.8 Å². The third kappa shape index (κ3) is 4.38. The molecule has 1 rings (SSSR count). The molecule has 1 heterocycles. The van der Waals surface area contributed by atoms with Crippen molar-refractivity contribution < 1.29 is 0 Å². The lowest BCUT2D eigenvalue weighted by atomic mass is 10.2. The second kappa shape index (κ2) is 6.64. The van der Waals surface area contributed by atoms with Gasteiger partial charge in [-0.3, -0.25) is 4.79 Å². The van der Waals surface area contributed by atoms with E-state index in [2.05, 4.69) is 10.3 Å². The molecule has 1 aromatic heterocycles. The minimum atomic E-state index is -0.0681. The number of alkyl halides is 1. The summed E-state index contributed by atoms with van der Waals surface area (Å²) in [4.78, 5) is 16.0. The maximum Gasteiger partial charge on any atom is 0.293 e. The molecule has 0 saturated heterocycles. The van der Waals surface area contributed by atoms with Gasteiger partial charge in [-0.1, -0.05) is 0 Å². The zero-order valence-corrected chi connectivity index (χ0v) is 11.4. The summed E-state index contributed by atoms with van der Waals surface area (Å²) in [7, 11) is 0. The van der Waals surface area contributed by atoms with Gasteiger partial charge in [0.1, 0.15) is 0 Å². The number of rotatable bonds is 6. The molecule has 0 aliphatic rings. The lowest BCUT2D eigenvalue weighted by Crippen LogP contribution is -2.26. The molecule has 1 aromatic rings. The molecule has 4 nitrogen and oxygen atoms in total. The highest BCUT2D eigenvalue weighted by Crippen LogP contribution is 2.05. The summed E-state index contributed by atoms with van der Waals surface area (Å²) in [6.45, 7) is 6.64. The summed E-state index contributed by atoms with van der Waals surface area (Å²) < 4.78 is 1.67. The van der Waals surface area contributed by atoms with Gasteiger partial charge in [-0.05, 0) is 33.6 Å². The summed E-state index contributed by atoms with van der Waals surface area (Å²) in [5.41, 5.74) is -0.0681. The first-order valence-electron chi connectivity index (χ1n) is 5.97. The largest absolute Gasteiger partial charge is 0.365 e. The van der Waals surface area contributed by atoms with Crippen molar-refractivity contribution >= 4 is 17.4 Å². The molecule has 0 spiro atoms. The molecule has 1 unspecified atom stereocenters. The van der Waals surface area contributed by atoms with E-state index in [9.17, 15) is 4.79 Å². The number of aromatic nitrogens is 2. The summed E-state index contributed by atoms with van der Waals surface area (Å²) in [5, 5.41) is 3.23. The zero-order valence-electron chi connectivity index (χ0n) is 10.6. The van der Waals surface area contributed by atoms with Gasteiger partial charge in [-0.25, -0.2) is 4.98 Å². The molecule has 0 amide bonds. The highest BCUT2D eigenvalue weighted by Gasteiger charge is 2.06. The van der Waals surface area contributed by atoms with Crippen molar-refractivity contribution in [2.24, 2.45) is 0 Å². The van der Waals surface area contributed by atoms with Crippen LogP contribution in [0.15, 0.2) is 17.2 Å². The Balaban J connectivity index is 2.60. The smallest absolute Gasteiger partial charge is 0.293 e. The molecule has 0 saturated carbocycles. The van der Waals surface area contributed by atoms with E-state index in [1.165, 1.54) is 0 Å². The molecule has 0 bridgehead atoms. The van der Waals surface area contributed by atoms with Crippen LogP contribution >= 0.6 is 11.6 Å². The number of halogens is 1. The predicted molar refractivity (Wildman–Crippen MR) is 71.9 cm³/mol. The number of nitrogens with zero attached hydrogens (tertiary/aromatic N) is 2. The Bertz CT molecular complexity index is 401. The fourth-order valence-electron chi connectivity index (χ4n) is 1.54. The van der Waals surface area contributed by atoms with Crippen molar-refractivity contribution in [2.45, 2.75) is 45.0 Å². The first kappa shape index (κ1) is 14.0. The zero-order chi connectivity index (χ0) is 12.8. The van der Waals surface area contributed by atoms with E-state index in [1.54, 1.807) is 17.0 Å². The minimum Gasteiger partial charge on any atom is -0.365 e. The van der Waals surface area contributed by atoms with Crippen LogP contribution in [-0.2, 0) is 0 Å². The van der Waals surface area contributed by atoms with Crippen molar-refractivity contribution in [3.8, 4) is 0 Å². The maximum atomic E-state index is 12.0. The number of hydrogen-bond acceptors (Lipinski definition) is 3. The second-order valence-corrected chi connectivity index (χ2v) is 5.18. The van der Waals surface area contributed by atoms with Crippen molar-refractivity contribution in [3.63, 3.8) is 0 Å². The third-order valence-electron chi connectivity index (χ3n) is 2.50. The van der Waals surface area contributed by atoms with Crippen LogP contribution in [0.5, 0.6) is 0 Å². The SMILES string of the molecule is CC(Cl)CCCNc1nccn(C(C)C)c1=O. The van der Waals surface area contributed by atoms with Gasteiger partial charge in [0.2, 0.25) is 0 Å². The molecule has 0 aliphatic heterocycles. The summed E-state index contributed by atoms with van der Waals surface area (Å²) >= 11 is 5.85. The Kier molecular flexibility index (Phi) is 5.48. The lowest BCUT2D eigenvalue weighted by molar-refractivity contribution is 0.575. The molecule has 0 aromatic carbocycles. The monoisotopic (exact) mass is 257 g/mol. The standard InChI is InChI=1S/C12H20ClN3O/c1-9(2)16-8-7-15-11(12(16)17)14-6-4-5-10(3)13/h7-10H,4-6H2,1-3H3,(H,14,15). The quantitative estimate of drug-likeness (QED) is 0.630. The summed E-state index contributed by atoms with van der Waals surface area (Å²) in [6.07, 6.45) is 5.22. The molecule has 1 N–H and O–H groups in total. The van der Waals surface area contributed by atoms with Crippen molar-refractivity contribution in [2.75, 3.05) is 11.9 Å². The third-order valence-corrected chi connectivity index (χ3v) is 2.71. The van der Waals surface area contributed by atoms with Crippen LogP contribution < -0.4 is 10.9 Å². The highest BCUT2D eigenvalue weighted by molar-refractivity contribution is 6.20. The molecule has 0 aliphatic carbocycles. The normalized spacial score (nSPS) is 12.8. The van der Waals surface area contributed by atoms with Gasteiger partial charge in [0, 0.05) is 30.4 Å². The van der Waals surface area contributed by atoms with Gasteiger partial charge in [0.25, 0.3) is 5.56 Å². The second-order valence-electron chi connectivity index (χ2n) is 4.43. The molecule has 1 atom stereocenters. The van der Waals surface area contributed by atoms with Gasteiger partial charge in [0.15, 0.2) is 5.82 Å². The van der Waals surface area contributed by atoms with E-state index in [0.29, 0.717) is 5.82 Å². The Hall–Kier alpha value is -1.03. The van der Waals surface area contributed by atoms with Gasteiger partial charge in [0.05, 0.1) is 0 Å². The fourth-order valence-corrected chi connectivity index (χ4v) is 1.70. The molecule has 0 radical (unpaired) electrons. The number of anilines is 1. The average Bonchev–Trinajstić information content (AvgIpc) is 2.25. The lowest BCUT2D eigenvalue weighted by Gasteiger charge is -2.11. The van der Waals surface area contributed by atoms with Gasteiger partial charge < -0.3 is 9.88 Å². The molecular weight excluding hydrogens is 238 g/mol. The summed E-state index contributed by atoms with van der Waals surface area (Å²) in [6, 6.07) is 0.147. The topological polar surface area (TPSA) is 46.9 Å². The fraction of sp³-hybridized carbons (Fsp3) is 0.667. The Morgan fingerprint density at radius 1 is 1.47 bits per heavy atom. The first-order valence-corrected chi connectivity index (χ1v) is 6.41. The van der Waals surface area contributed by atoms with Gasteiger partial charge >= 0.3 is 0 Å². The van der Waals surface area contributed by atoms with E-state index < -0.39 is 0 Å². The van der Waals surface area contributed by atoms with Crippen LogP contribution in [0.4, 0.5) is 5.82 Å². The first-order chi connectivity index (χ1) is 8.02. The van der Waals surface area contributed by atoms with Gasteiger partial charge in [-0.2, -0.15) is 0 Å². The molecule has 17 heavy (non-hydrogen) atoms. The van der Waals surface area contributed by atoms with Crippen LogP contribution in [0.2, 0.25) is 0 Å². The van der Waals surface area contributed by atoms with Crippen molar-refractivity contribution in [1.82, 2.24) is 9.55 Å². The molecular formula is C12H20ClN3O. The minimum absolute atomic E-state index is 0.0681. The van der Waals surface area contributed by atoms with E-state index >= 15 is 0 Å². The predicted octanol–water partition coefficient (Wildman–Crippen LogP) is 2.64. The Morgan fingerprint density at radius 2 is 2.18 bits per heavy atom. The van der Waals surface area contributed by atoms with Crippen LogP contribution in [0.25, 0.3) is 0 Å².